The first kappa shape index (κ1) is 28.1. The van der Waals surface area contributed by atoms with Crippen molar-refractivity contribution in [2.75, 3.05) is 4.90 Å². The molecule has 6 aromatic carbocycles. The average Bonchev–Trinajstić information content (AvgIpc) is 3.29. The summed E-state index contributed by atoms with van der Waals surface area (Å²) >= 11 is 0. The zero-order valence-corrected chi connectivity index (χ0v) is 27.0. The first-order chi connectivity index (χ1) is 21.4. The van der Waals surface area contributed by atoms with Gasteiger partial charge in [0.15, 0.2) is 8.07 Å². The monoisotopic (exact) mass is 585 g/mol. The summed E-state index contributed by atoms with van der Waals surface area (Å²) in [5.41, 5.74) is 7.97. The van der Waals surface area contributed by atoms with Crippen molar-refractivity contribution < 1.29 is 0 Å². The molecule has 0 spiro atoms. The van der Waals surface area contributed by atoms with Crippen LogP contribution in [0.25, 0.3) is 11.1 Å². The van der Waals surface area contributed by atoms with Crippen molar-refractivity contribution in [3.8, 4) is 11.1 Å². The maximum atomic E-state index is 2.49. The van der Waals surface area contributed by atoms with Crippen LogP contribution in [-0.4, -0.2) is 14.1 Å². The summed E-state index contributed by atoms with van der Waals surface area (Å²) < 4.78 is 0. The van der Waals surface area contributed by atoms with Crippen molar-refractivity contribution >= 4 is 40.2 Å². The fourth-order valence-electron chi connectivity index (χ4n) is 7.52. The second-order valence-electron chi connectivity index (χ2n) is 12.8. The SMILES string of the molecule is CC(C)N(c1ccc([Si](c2ccccc2)(c2ccccc2)c2ccccc2)cc1)c1ccc2c(c1)C(C)(C)c1ccccc1-2. The maximum Gasteiger partial charge on any atom is 0.179 e. The summed E-state index contributed by atoms with van der Waals surface area (Å²) in [6, 6.07) is 59.2. The molecule has 2 heteroatoms. The third-order valence-electron chi connectivity index (χ3n) is 9.56. The van der Waals surface area contributed by atoms with E-state index in [1.54, 1.807) is 0 Å². The molecule has 44 heavy (non-hydrogen) atoms. The van der Waals surface area contributed by atoms with E-state index >= 15 is 0 Å². The van der Waals surface area contributed by atoms with E-state index in [-0.39, 0.29) is 5.41 Å². The number of fused-ring (bicyclic) bond motifs is 3. The van der Waals surface area contributed by atoms with Gasteiger partial charge in [-0.3, -0.25) is 0 Å². The minimum atomic E-state index is -2.55. The van der Waals surface area contributed by atoms with Crippen LogP contribution in [0.15, 0.2) is 158 Å². The lowest BCUT2D eigenvalue weighted by molar-refractivity contribution is 0.659. The van der Waals surface area contributed by atoms with Gasteiger partial charge in [0.05, 0.1) is 0 Å². The molecule has 0 saturated carbocycles. The second kappa shape index (κ2) is 11.1. The highest BCUT2D eigenvalue weighted by atomic mass is 28.3. The van der Waals surface area contributed by atoms with Crippen molar-refractivity contribution in [1.29, 1.82) is 0 Å². The molecule has 0 aromatic heterocycles. The van der Waals surface area contributed by atoms with Gasteiger partial charge in [0.1, 0.15) is 0 Å². The van der Waals surface area contributed by atoms with Gasteiger partial charge in [0, 0.05) is 22.8 Å². The van der Waals surface area contributed by atoms with Crippen LogP contribution in [0, 0.1) is 0 Å². The smallest absolute Gasteiger partial charge is 0.179 e. The van der Waals surface area contributed by atoms with Gasteiger partial charge in [-0.15, -0.1) is 0 Å². The Bertz CT molecular complexity index is 1790. The summed E-state index contributed by atoms with van der Waals surface area (Å²) in [4.78, 5) is 2.49. The van der Waals surface area contributed by atoms with Crippen LogP contribution in [0.4, 0.5) is 11.4 Å². The molecule has 0 bridgehead atoms. The molecule has 0 unspecified atom stereocenters. The number of benzene rings is 6. The van der Waals surface area contributed by atoms with Crippen LogP contribution >= 0.6 is 0 Å². The third kappa shape index (κ3) is 4.44. The predicted octanol–water partition coefficient (Wildman–Crippen LogP) is 7.92. The topological polar surface area (TPSA) is 3.24 Å². The van der Waals surface area contributed by atoms with Gasteiger partial charge in [0.25, 0.3) is 0 Å². The zero-order valence-electron chi connectivity index (χ0n) is 26.0. The molecule has 0 N–H and O–H groups in total. The summed E-state index contributed by atoms with van der Waals surface area (Å²) in [6.07, 6.45) is 0. The van der Waals surface area contributed by atoms with Gasteiger partial charge < -0.3 is 4.90 Å². The molecule has 0 amide bonds. The van der Waals surface area contributed by atoms with Crippen molar-refractivity contribution in [2.24, 2.45) is 0 Å². The molecule has 0 saturated heterocycles. The van der Waals surface area contributed by atoms with E-state index < -0.39 is 8.07 Å². The van der Waals surface area contributed by atoms with Crippen LogP contribution in [-0.2, 0) is 5.41 Å². The molecule has 1 aliphatic carbocycles. The molecule has 1 aliphatic rings. The van der Waals surface area contributed by atoms with Crippen molar-refractivity contribution in [3.05, 3.63) is 169 Å². The minimum absolute atomic E-state index is 0.0271. The Morgan fingerprint density at radius 2 is 0.886 bits per heavy atom. The standard InChI is InChI=1S/C42H39NSi/c1-31(2)43(33-26-29-39-38-22-14-15-23-40(38)42(3,4)41(39)30-33)32-24-27-37(28-25-32)44(34-16-8-5-9-17-34,35-18-10-6-11-19-35)36-20-12-7-13-21-36/h5-31H,1-4H3. The first-order valence-electron chi connectivity index (χ1n) is 15.7. The Hall–Kier alpha value is -4.66. The fourth-order valence-corrected chi connectivity index (χ4v) is 12.3. The largest absolute Gasteiger partial charge is 0.339 e. The Morgan fingerprint density at radius 3 is 1.41 bits per heavy atom. The van der Waals surface area contributed by atoms with Gasteiger partial charge in [0.2, 0.25) is 0 Å². The Balaban J connectivity index is 1.36. The number of hydrogen-bond donors (Lipinski definition) is 0. The van der Waals surface area contributed by atoms with E-state index in [4.69, 9.17) is 0 Å². The number of rotatable bonds is 7. The summed E-state index contributed by atoms with van der Waals surface area (Å²) in [6.45, 7) is 9.30. The lowest BCUT2D eigenvalue weighted by atomic mass is 9.82. The van der Waals surface area contributed by atoms with Gasteiger partial charge in [-0.1, -0.05) is 147 Å². The van der Waals surface area contributed by atoms with E-state index in [1.807, 2.05) is 0 Å². The van der Waals surface area contributed by atoms with E-state index in [0.717, 1.165) is 0 Å². The summed E-state index contributed by atoms with van der Waals surface area (Å²) in [7, 11) is -2.55. The fraction of sp³-hybridized carbons (Fsp3) is 0.143. The van der Waals surface area contributed by atoms with Gasteiger partial charge in [-0.2, -0.15) is 0 Å². The third-order valence-corrected chi connectivity index (χ3v) is 14.4. The molecule has 0 radical (unpaired) electrons. The quantitative estimate of drug-likeness (QED) is 0.136. The lowest BCUT2D eigenvalue weighted by Crippen LogP contribution is -2.74. The van der Waals surface area contributed by atoms with E-state index in [1.165, 1.54) is 54.4 Å². The van der Waals surface area contributed by atoms with E-state index in [2.05, 4.69) is 190 Å². The molecule has 6 aromatic rings. The van der Waals surface area contributed by atoms with Crippen LogP contribution in [0.5, 0.6) is 0 Å². The van der Waals surface area contributed by atoms with Crippen LogP contribution in [0.3, 0.4) is 0 Å². The van der Waals surface area contributed by atoms with Gasteiger partial charge >= 0.3 is 0 Å². The van der Waals surface area contributed by atoms with Crippen molar-refractivity contribution in [2.45, 2.75) is 39.2 Å². The van der Waals surface area contributed by atoms with Crippen molar-refractivity contribution in [3.63, 3.8) is 0 Å². The zero-order chi connectivity index (χ0) is 30.3. The predicted molar refractivity (Wildman–Crippen MR) is 191 cm³/mol. The Labute approximate surface area is 263 Å². The number of nitrogens with zero attached hydrogens (tertiary/aromatic N) is 1. The highest BCUT2D eigenvalue weighted by Crippen LogP contribution is 2.50. The first-order valence-corrected chi connectivity index (χ1v) is 17.7. The molecule has 7 rings (SSSR count). The molecule has 0 heterocycles. The Kier molecular flexibility index (Phi) is 7.11. The van der Waals surface area contributed by atoms with Gasteiger partial charge in [-0.25, -0.2) is 0 Å². The number of anilines is 2. The minimum Gasteiger partial charge on any atom is -0.339 e. The van der Waals surface area contributed by atoms with Crippen LogP contribution in [0.2, 0.25) is 0 Å². The lowest BCUT2D eigenvalue weighted by Gasteiger charge is -2.35. The normalized spacial score (nSPS) is 13.4. The number of hydrogen-bond acceptors (Lipinski definition) is 1. The second-order valence-corrected chi connectivity index (χ2v) is 16.6. The van der Waals surface area contributed by atoms with Crippen molar-refractivity contribution in [1.82, 2.24) is 0 Å². The molecule has 1 nitrogen and oxygen atoms in total. The molecule has 216 valence electrons. The summed E-state index contributed by atoms with van der Waals surface area (Å²) in [5, 5.41) is 5.57. The maximum absolute atomic E-state index is 2.55. The highest BCUT2D eigenvalue weighted by Gasteiger charge is 2.41. The molecule has 0 atom stereocenters. The molecule has 0 fully saturated rings. The van der Waals surface area contributed by atoms with E-state index in [9.17, 15) is 0 Å². The van der Waals surface area contributed by atoms with Crippen LogP contribution in [0.1, 0.15) is 38.8 Å². The molecular formula is C42H39NSi. The Morgan fingerprint density at radius 1 is 0.455 bits per heavy atom. The van der Waals surface area contributed by atoms with Gasteiger partial charge in [-0.05, 0) is 81.1 Å². The van der Waals surface area contributed by atoms with Crippen LogP contribution < -0.4 is 25.6 Å². The summed E-state index contributed by atoms with van der Waals surface area (Å²) in [5.74, 6) is 0. The molecule has 0 aliphatic heterocycles. The average molecular weight is 586 g/mol. The molecular weight excluding hydrogens is 547 g/mol. The van der Waals surface area contributed by atoms with E-state index in [0.29, 0.717) is 6.04 Å². The highest BCUT2D eigenvalue weighted by molar-refractivity contribution is 7.19.